The smallest absolute Gasteiger partial charge is 0.228 e. The minimum atomic E-state index is 0.265. The van der Waals surface area contributed by atoms with Gasteiger partial charge in [-0.2, -0.15) is 0 Å². The van der Waals surface area contributed by atoms with Gasteiger partial charge in [0.2, 0.25) is 5.91 Å². The fourth-order valence-corrected chi connectivity index (χ4v) is 5.82. The van der Waals surface area contributed by atoms with Gasteiger partial charge in [-0.05, 0) is 51.4 Å². The van der Waals surface area contributed by atoms with E-state index in [4.69, 9.17) is 0 Å². The highest BCUT2D eigenvalue weighted by atomic mass is 16.2. The molecule has 1 saturated carbocycles. The van der Waals surface area contributed by atoms with Crippen molar-refractivity contribution in [3.8, 4) is 0 Å². The van der Waals surface area contributed by atoms with Crippen molar-refractivity contribution in [3.63, 3.8) is 0 Å². The molecule has 3 aliphatic heterocycles. The Kier molecular flexibility index (Phi) is 6.34. The third kappa shape index (κ3) is 4.27. The van der Waals surface area contributed by atoms with Gasteiger partial charge in [0.25, 0.3) is 0 Å². The molecule has 0 spiro atoms. The molecule has 4 rings (SSSR count). The minimum Gasteiger partial charge on any atom is -0.339 e. The predicted molar refractivity (Wildman–Crippen MR) is 114 cm³/mol. The maximum absolute atomic E-state index is 12.6. The number of hydrogen-bond acceptors (Lipinski definition) is 4. The zero-order chi connectivity index (χ0) is 19.8. The monoisotopic (exact) mass is 390 g/mol. The second-order valence-electron chi connectivity index (χ2n) is 10.5. The Morgan fingerprint density at radius 3 is 1.79 bits per heavy atom. The van der Waals surface area contributed by atoms with Crippen molar-refractivity contribution >= 4 is 5.91 Å². The SMILES string of the molecule is CC(C)C1CCC(N2CCN(C3CN(C(=O)C4CN(C(C)C)C4)C3)CC2)CC1. The molecule has 5 heteroatoms. The van der Waals surface area contributed by atoms with Gasteiger partial charge in [0.05, 0.1) is 5.92 Å². The summed E-state index contributed by atoms with van der Waals surface area (Å²) in [5.41, 5.74) is 0. The van der Waals surface area contributed by atoms with Crippen LogP contribution in [0.15, 0.2) is 0 Å². The van der Waals surface area contributed by atoms with Crippen molar-refractivity contribution in [1.29, 1.82) is 0 Å². The van der Waals surface area contributed by atoms with E-state index in [1.807, 2.05) is 0 Å². The average molecular weight is 391 g/mol. The molecule has 1 amide bonds. The number of piperazine rings is 1. The molecule has 0 N–H and O–H groups in total. The van der Waals surface area contributed by atoms with Gasteiger partial charge in [-0.15, -0.1) is 0 Å². The molecule has 5 nitrogen and oxygen atoms in total. The van der Waals surface area contributed by atoms with Crippen molar-refractivity contribution in [2.75, 3.05) is 52.4 Å². The summed E-state index contributed by atoms with van der Waals surface area (Å²) in [4.78, 5) is 22.5. The van der Waals surface area contributed by atoms with E-state index in [1.165, 1.54) is 51.9 Å². The first-order valence-corrected chi connectivity index (χ1v) is 11.9. The number of rotatable bonds is 5. The number of carbonyl (C=O) groups is 1. The molecule has 0 aromatic carbocycles. The Bertz CT molecular complexity index is 523. The van der Waals surface area contributed by atoms with E-state index in [9.17, 15) is 4.79 Å². The van der Waals surface area contributed by atoms with Crippen LogP contribution in [-0.2, 0) is 4.79 Å². The van der Waals surface area contributed by atoms with E-state index in [0.29, 0.717) is 18.0 Å². The number of hydrogen-bond donors (Lipinski definition) is 0. The van der Waals surface area contributed by atoms with Gasteiger partial charge in [-0.25, -0.2) is 0 Å². The van der Waals surface area contributed by atoms with E-state index >= 15 is 0 Å². The number of carbonyl (C=O) groups excluding carboxylic acids is 1. The molecule has 3 saturated heterocycles. The summed E-state index contributed by atoms with van der Waals surface area (Å²) in [6.07, 6.45) is 5.67. The predicted octanol–water partition coefficient (Wildman–Crippen LogP) is 2.37. The lowest BCUT2D eigenvalue weighted by atomic mass is 9.79. The normalized spacial score (nSPS) is 32.0. The van der Waals surface area contributed by atoms with Crippen molar-refractivity contribution in [2.45, 2.75) is 71.5 Å². The van der Waals surface area contributed by atoms with Crippen LogP contribution in [0.25, 0.3) is 0 Å². The summed E-state index contributed by atoms with van der Waals surface area (Å²) in [5, 5.41) is 0. The molecule has 0 atom stereocenters. The Morgan fingerprint density at radius 2 is 1.29 bits per heavy atom. The van der Waals surface area contributed by atoms with Crippen LogP contribution in [0.4, 0.5) is 0 Å². The summed E-state index contributed by atoms with van der Waals surface area (Å²) >= 11 is 0. The Morgan fingerprint density at radius 1 is 0.750 bits per heavy atom. The third-order valence-electron chi connectivity index (χ3n) is 8.23. The fraction of sp³-hybridized carbons (Fsp3) is 0.957. The van der Waals surface area contributed by atoms with E-state index < -0.39 is 0 Å². The molecule has 0 radical (unpaired) electrons. The Labute approximate surface area is 172 Å². The average Bonchev–Trinajstić information content (AvgIpc) is 2.59. The van der Waals surface area contributed by atoms with Gasteiger partial charge >= 0.3 is 0 Å². The van der Waals surface area contributed by atoms with E-state index in [-0.39, 0.29) is 5.92 Å². The van der Waals surface area contributed by atoms with E-state index in [0.717, 1.165) is 44.1 Å². The van der Waals surface area contributed by atoms with Crippen molar-refractivity contribution < 1.29 is 4.79 Å². The number of amides is 1. The van der Waals surface area contributed by atoms with Crippen LogP contribution in [0.1, 0.15) is 53.4 Å². The first-order chi connectivity index (χ1) is 13.4. The molecule has 0 unspecified atom stereocenters. The minimum absolute atomic E-state index is 0.265. The fourth-order valence-electron chi connectivity index (χ4n) is 5.82. The number of likely N-dealkylation sites (tertiary alicyclic amines) is 2. The van der Waals surface area contributed by atoms with Gasteiger partial charge in [0.15, 0.2) is 0 Å². The van der Waals surface area contributed by atoms with Crippen LogP contribution in [0.2, 0.25) is 0 Å². The summed E-state index contributed by atoms with van der Waals surface area (Å²) in [5.74, 6) is 2.49. The standard InChI is InChI=1S/C23H42N4O/c1-17(2)19-5-7-21(8-6-19)24-9-11-25(12-10-24)22-15-27(16-22)23(28)20-13-26(14-20)18(3)4/h17-22H,5-16H2,1-4H3. The molecular weight excluding hydrogens is 348 g/mol. The van der Waals surface area contributed by atoms with Gasteiger partial charge in [0, 0.05) is 70.5 Å². The largest absolute Gasteiger partial charge is 0.339 e. The van der Waals surface area contributed by atoms with Crippen molar-refractivity contribution in [3.05, 3.63) is 0 Å². The summed E-state index contributed by atoms with van der Waals surface area (Å²) in [6, 6.07) is 2.02. The first kappa shape index (κ1) is 20.6. The maximum Gasteiger partial charge on any atom is 0.228 e. The molecular formula is C23H42N4O. The van der Waals surface area contributed by atoms with Crippen LogP contribution in [-0.4, -0.2) is 96.0 Å². The highest BCUT2D eigenvalue weighted by Crippen LogP contribution is 2.33. The Hall–Kier alpha value is -0.650. The van der Waals surface area contributed by atoms with Crippen molar-refractivity contribution in [1.82, 2.24) is 19.6 Å². The topological polar surface area (TPSA) is 30.0 Å². The van der Waals surface area contributed by atoms with Crippen LogP contribution < -0.4 is 0 Å². The molecule has 4 fully saturated rings. The second kappa shape index (κ2) is 8.61. The molecule has 0 aromatic rings. The summed E-state index contributed by atoms with van der Waals surface area (Å²) in [6.45, 7) is 17.9. The molecule has 0 aromatic heterocycles. The molecule has 1 aliphatic carbocycles. The highest BCUT2D eigenvalue weighted by Gasteiger charge is 2.42. The molecule has 28 heavy (non-hydrogen) atoms. The second-order valence-corrected chi connectivity index (χ2v) is 10.5. The summed E-state index contributed by atoms with van der Waals surface area (Å²) < 4.78 is 0. The van der Waals surface area contributed by atoms with Gasteiger partial charge in [0.1, 0.15) is 0 Å². The van der Waals surface area contributed by atoms with Crippen molar-refractivity contribution in [2.24, 2.45) is 17.8 Å². The van der Waals surface area contributed by atoms with Crippen LogP contribution in [0, 0.1) is 17.8 Å². The van der Waals surface area contributed by atoms with Gasteiger partial charge in [-0.1, -0.05) is 13.8 Å². The molecule has 160 valence electrons. The molecule has 3 heterocycles. The lowest BCUT2D eigenvalue weighted by Crippen LogP contribution is -2.67. The zero-order valence-corrected chi connectivity index (χ0v) is 18.6. The van der Waals surface area contributed by atoms with Crippen LogP contribution in [0.3, 0.4) is 0 Å². The quantitative estimate of drug-likeness (QED) is 0.721. The maximum atomic E-state index is 12.6. The lowest BCUT2D eigenvalue weighted by Gasteiger charge is -2.51. The Balaban J connectivity index is 1.14. The van der Waals surface area contributed by atoms with Gasteiger partial charge in [-0.3, -0.25) is 19.5 Å². The lowest BCUT2D eigenvalue weighted by molar-refractivity contribution is -0.150. The van der Waals surface area contributed by atoms with Gasteiger partial charge < -0.3 is 4.90 Å². The van der Waals surface area contributed by atoms with Crippen LogP contribution in [0.5, 0.6) is 0 Å². The zero-order valence-electron chi connectivity index (χ0n) is 18.6. The van der Waals surface area contributed by atoms with E-state index in [2.05, 4.69) is 47.3 Å². The molecule has 4 aliphatic rings. The molecule has 0 bridgehead atoms. The van der Waals surface area contributed by atoms with E-state index in [1.54, 1.807) is 0 Å². The number of nitrogens with zero attached hydrogens (tertiary/aromatic N) is 4. The highest BCUT2D eigenvalue weighted by molar-refractivity contribution is 5.81. The first-order valence-electron chi connectivity index (χ1n) is 11.9. The summed E-state index contributed by atoms with van der Waals surface area (Å²) in [7, 11) is 0. The third-order valence-corrected chi connectivity index (χ3v) is 8.23. The van der Waals surface area contributed by atoms with Crippen LogP contribution >= 0.6 is 0 Å².